The van der Waals surface area contributed by atoms with Gasteiger partial charge in [-0.3, -0.25) is 4.79 Å². The molecule has 3 heteroatoms. The first-order chi connectivity index (χ1) is 11.7. The van der Waals surface area contributed by atoms with Crippen LogP contribution in [-0.2, 0) is 10.2 Å². The van der Waals surface area contributed by atoms with E-state index in [-0.39, 0.29) is 17.4 Å². The maximum Gasteiger partial charge on any atom is 0.231 e. The first kappa shape index (κ1) is 16.6. The minimum Gasteiger partial charge on any atom is -0.494 e. The fraction of sp³-hybridized carbons (Fsp3) is 0.381. The van der Waals surface area contributed by atoms with Gasteiger partial charge in [-0.1, -0.05) is 48.9 Å². The van der Waals surface area contributed by atoms with Gasteiger partial charge < -0.3 is 10.1 Å². The van der Waals surface area contributed by atoms with Crippen molar-refractivity contribution in [2.24, 2.45) is 0 Å². The number of carbonyl (C=O) groups is 1. The van der Waals surface area contributed by atoms with Crippen molar-refractivity contribution in [1.29, 1.82) is 0 Å². The molecule has 24 heavy (non-hydrogen) atoms. The first-order valence-corrected chi connectivity index (χ1v) is 8.75. The van der Waals surface area contributed by atoms with Crippen LogP contribution < -0.4 is 10.1 Å². The van der Waals surface area contributed by atoms with Crippen LogP contribution in [0.3, 0.4) is 0 Å². The monoisotopic (exact) mass is 323 g/mol. The predicted octanol–water partition coefficient (Wildman–Crippen LogP) is 4.38. The van der Waals surface area contributed by atoms with E-state index in [9.17, 15) is 4.79 Å². The van der Waals surface area contributed by atoms with Gasteiger partial charge in [0.2, 0.25) is 5.91 Å². The summed E-state index contributed by atoms with van der Waals surface area (Å²) in [7, 11) is 0. The third-order valence-electron chi connectivity index (χ3n) is 5.01. The Labute approximate surface area is 144 Å². The Hall–Kier alpha value is -2.29. The molecule has 0 aromatic heterocycles. The van der Waals surface area contributed by atoms with Crippen molar-refractivity contribution in [2.45, 2.75) is 44.6 Å². The third kappa shape index (κ3) is 3.16. The normalized spacial score (nSPS) is 16.8. The lowest BCUT2D eigenvalue weighted by atomic mass is 9.63. The number of rotatable bonds is 6. The first-order valence-electron chi connectivity index (χ1n) is 8.75. The molecule has 1 aliphatic carbocycles. The SMILES string of the molecule is CCOc1ccc(C(C)NC(=O)C2(c3ccccc3)CCC2)cc1. The summed E-state index contributed by atoms with van der Waals surface area (Å²) in [5.41, 5.74) is 1.88. The fourth-order valence-electron chi connectivity index (χ4n) is 3.37. The van der Waals surface area contributed by atoms with Gasteiger partial charge in [0.05, 0.1) is 18.1 Å². The van der Waals surface area contributed by atoms with Crippen molar-refractivity contribution in [3.8, 4) is 5.75 Å². The second-order valence-corrected chi connectivity index (χ2v) is 6.50. The second kappa shape index (κ2) is 7.08. The summed E-state index contributed by atoms with van der Waals surface area (Å²) in [6, 6.07) is 18.1. The molecule has 1 aliphatic rings. The average Bonchev–Trinajstić information content (AvgIpc) is 2.56. The van der Waals surface area contributed by atoms with E-state index >= 15 is 0 Å². The molecular weight excluding hydrogens is 298 g/mol. The van der Waals surface area contributed by atoms with Gasteiger partial charge in [0, 0.05) is 0 Å². The maximum atomic E-state index is 13.0. The molecule has 0 aliphatic heterocycles. The predicted molar refractivity (Wildman–Crippen MR) is 96.1 cm³/mol. The van der Waals surface area contributed by atoms with Crippen molar-refractivity contribution in [3.05, 3.63) is 65.7 Å². The molecule has 0 radical (unpaired) electrons. The van der Waals surface area contributed by atoms with Crippen LogP contribution >= 0.6 is 0 Å². The average molecular weight is 323 g/mol. The lowest BCUT2D eigenvalue weighted by molar-refractivity contribution is -0.130. The van der Waals surface area contributed by atoms with Crippen LogP contribution in [0.15, 0.2) is 54.6 Å². The quantitative estimate of drug-likeness (QED) is 0.856. The summed E-state index contributed by atoms with van der Waals surface area (Å²) in [6.07, 6.45) is 2.97. The number of benzene rings is 2. The van der Waals surface area contributed by atoms with E-state index in [0.29, 0.717) is 6.61 Å². The van der Waals surface area contributed by atoms with E-state index < -0.39 is 0 Å². The highest BCUT2D eigenvalue weighted by Gasteiger charge is 2.45. The van der Waals surface area contributed by atoms with E-state index in [2.05, 4.69) is 17.4 Å². The number of amides is 1. The van der Waals surface area contributed by atoms with Crippen molar-refractivity contribution in [3.63, 3.8) is 0 Å². The highest BCUT2D eigenvalue weighted by molar-refractivity contribution is 5.89. The second-order valence-electron chi connectivity index (χ2n) is 6.50. The number of hydrogen-bond acceptors (Lipinski definition) is 2. The van der Waals surface area contributed by atoms with Crippen molar-refractivity contribution >= 4 is 5.91 Å². The number of carbonyl (C=O) groups excluding carboxylic acids is 1. The molecule has 126 valence electrons. The molecule has 1 saturated carbocycles. The van der Waals surface area contributed by atoms with Gasteiger partial charge in [0.25, 0.3) is 0 Å². The molecule has 0 bridgehead atoms. The summed E-state index contributed by atoms with van der Waals surface area (Å²) in [5.74, 6) is 1.00. The highest BCUT2D eigenvalue weighted by atomic mass is 16.5. The number of nitrogens with one attached hydrogen (secondary N) is 1. The Balaban J connectivity index is 1.71. The van der Waals surface area contributed by atoms with Crippen LogP contribution in [-0.4, -0.2) is 12.5 Å². The van der Waals surface area contributed by atoms with Gasteiger partial charge in [0.15, 0.2) is 0 Å². The molecule has 0 spiro atoms. The van der Waals surface area contributed by atoms with E-state index in [1.165, 1.54) is 0 Å². The summed E-state index contributed by atoms with van der Waals surface area (Å²) < 4.78 is 5.47. The van der Waals surface area contributed by atoms with Gasteiger partial charge in [-0.15, -0.1) is 0 Å². The lowest BCUT2D eigenvalue weighted by Gasteiger charge is -2.41. The highest BCUT2D eigenvalue weighted by Crippen LogP contribution is 2.44. The van der Waals surface area contributed by atoms with Gasteiger partial charge in [0.1, 0.15) is 5.75 Å². The smallest absolute Gasteiger partial charge is 0.231 e. The largest absolute Gasteiger partial charge is 0.494 e. The topological polar surface area (TPSA) is 38.3 Å². The third-order valence-corrected chi connectivity index (χ3v) is 5.01. The summed E-state index contributed by atoms with van der Waals surface area (Å²) >= 11 is 0. The van der Waals surface area contributed by atoms with Crippen LogP contribution in [0, 0.1) is 0 Å². The maximum absolute atomic E-state index is 13.0. The molecule has 0 saturated heterocycles. The van der Waals surface area contributed by atoms with Gasteiger partial charge >= 0.3 is 0 Å². The Bertz CT molecular complexity index is 675. The molecule has 3 nitrogen and oxygen atoms in total. The summed E-state index contributed by atoms with van der Waals surface area (Å²) in [6.45, 7) is 4.66. The number of hydrogen-bond donors (Lipinski definition) is 1. The molecule has 2 aromatic carbocycles. The van der Waals surface area contributed by atoms with Gasteiger partial charge in [-0.25, -0.2) is 0 Å². The zero-order valence-electron chi connectivity index (χ0n) is 14.4. The van der Waals surface area contributed by atoms with Crippen molar-refractivity contribution < 1.29 is 9.53 Å². The van der Waals surface area contributed by atoms with Crippen LogP contribution in [0.1, 0.15) is 50.3 Å². The molecule has 2 aromatic rings. The van der Waals surface area contributed by atoms with E-state index in [4.69, 9.17) is 4.74 Å². The Morgan fingerprint density at radius 1 is 1.12 bits per heavy atom. The van der Waals surface area contributed by atoms with E-state index in [0.717, 1.165) is 36.1 Å². The van der Waals surface area contributed by atoms with Gasteiger partial charge in [-0.05, 0) is 49.9 Å². The van der Waals surface area contributed by atoms with Crippen LogP contribution in [0.5, 0.6) is 5.75 Å². The Morgan fingerprint density at radius 3 is 2.33 bits per heavy atom. The molecule has 1 fully saturated rings. The standard InChI is InChI=1S/C21H25NO2/c1-3-24-19-12-10-17(11-13-19)16(2)22-20(23)21(14-7-15-21)18-8-5-4-6-9-18/h4-6,8-13,16H,3,7,14-15H2,1-2H3,(H,22,23). The summed E-state index contributed by atoms with van der Waals surface area (Å²) in [4.78, 5) is 13.0. The molecule has 1 amide bonds. The molecular formula is C21H25NO2. The molecule has 1 unspecified atom stereocenters. The Kier molecular flexibility index (Phi) is 4.89. The number of ether oxygens (including phenoxy) is 1. The molecule has 1 atom stereocenters. The molecule has 1 N–H and O–H groups in total. The zero-order valence-corrected chi connectivity index (χ0v) is 14.4. The van der Waals surface area contributed by atoms with Crippen LogP contribution in [0.2, 0.25) is 0 Å². The summed E-state index contributed by atoms with van der Waals surface area (Å²) in [5, 5.41) is 3.21. The van der Waals surface area contributed by atoms with E-state index in [1.54, 1.807) is 0 Å². The minimum absolute atomic E-state index is 0.0191. The lowest BCUT2D eigenvalue weighted by Crippen LogP contribution is -2.49. The Morgan fingerprint density at radius 2 is 1.79 bits per heavy atom. The zero-order chi connectivity index (χ0) is 17.0. The van der Waals surface area contributed by atoms with Gasteiger partial charge in [-0.2, -0.15) is 0 Å². The molecule has 0 heterocycles. The van der Waals surface area contributed by atoms with Crippen LogP contribution in [0.4, 0.5) is 0 Å². The minimum atomic E-state index is -0.346. The van der Waals surface area contributed by atoms with E-state index in [1.807, 2.05) is 56.3 Å². The molecule has 3 rings (SSSR count). The van der Waals surface area contributed by atoms with Crippen molar-refractivity contribution in [1.82, 2.24) is 5.32 Å². The van der Waals surface area contributed by atoms with Crippen LogP contribution in [0.25, 0.3) is 0 Å². The van der Waals surface area contributed by atoms with Crippen molar-refractivity contribution in [2.75, 3.05) is 6.61 Å². The fourth-order valence-corrected chi connectivity index (χ4v) is 3.37.